The van der Waals surface area contributed by atoms with E-state index in [1.807, 2.05) is 17.8 Å². The largest absolute Gasteiger partial charge is 0.301 e. The van der Waals surface area contributed by atoms with Gasteiger partial charge in [-0.15, -0.1) is 6.58 Å². The lowest BCUT2D eigenvalue weighted by molar-refractivity contribution is 0.0609. The van der Waals surface area contributed by atoms with Crippen LogP contribution in [0.15, 0.2) is 12.7 Å². The van der Waals surface area contributed by atoms with E-state index >= 15 is 0 Å². The highest BCUT2D eigenvalue weighted by atomic mass is 32.2. The lowest BCUT2D eigenvalue weighted by Gasteiger charge is -2.15. The molecule has 0 unspecified atom stereocenters. The Morgan fingerprint density at radius 1 is 1.46 bits per heavy atom. The molecule has 0 aromatic carbocycles. The second-order valence-corrected chi connectivity index (χ2v) is 5.02. The van der Waals surface area contributed by atoms with E-state index in [-0.39, 0.29) is 0 Å². The molecule has 3 heteroatoms. The number of rotatable bonds is 8. The Kier molecular flexibility index (Phi) is 8.61. The predicted octanol–water partition coefficient (Wildman–Crippen LogP) is 2.61. The zero-order valence-electron chi connectivity index (χ0n) is 8.88. The smallest absolute Gasteiger partial charge is 0.0798 e. The highest BCUT2D eigenvalue weighted by molar-refractivity contribution is 8.00. The van der Waals surface area contributed by atoms with Crippen molar-refractivity contribution in [2.75, 3.05) is 13.7 Å². The van der Waals surface area contributed by atoms with Crippen molar-refractivity contribution >= 4 is 11.8 Å². The molecule has 0 fully saturated rings. The number of thioether (sulfide) groups is 1. The van der Waals surface area contributed by atoms with E-state index in [0.29, 0.717) is 10.5 Å². The molecule has 0 bridgehead atoms. The van der Waals surface area contributed by atoms with E-state index < -0.39 is 0 Å². The Labute approximate surface area is 86.1 Å². The summed E-state index contributed by atoms with van der Waals surface area (Å²) < 4.78 is 0. The molecule has 13 heavy (non-hydrogen) atoms. The molecule has 0 aliphatic rings. The Morgan fingerprint density at radius 3 is 2.69 bits per heavy atom. The molecule has 2 nitrogen and oxygen atoms in total. The maximum Gasteiger partial charge on any atom is 0.0798 e. The van der Waals surface area contributed by atoms with Gasteiger partial charge in [-0.1, -0.05) is 19.9 Å². The third-order valence-electron chi connectivity index (χ3n) is 1.70. The number of allylic oxidation sites excluding steroid dienone is 1. The van der Waals surface area contributed by atoms with Gasteiger partial charge in [0.05, 0.1) is 6.61 Å². The van der Waals surface area contributed by atoms with E-state index in [1.54, 1.807) is 7.05 Å². The van der Waals surface area contributed by atoms with Crippen LogP contribution in [0.1, 0.15) is 26.7 Å². The summed E-state index contributed by atoms with van der Waals surface area (Å²) in [6.45, 7) is 8.92. The molecular formula is C10H21NOS. The molecule has 0 saturated carbocycles. The summed E-state index contributed by atoms with van der Waals surface area (Å²) in [6, 6.07) is 0. The topological polar surface area (TPSA) is 21.3 Å². The Morgan fingerprint density at radius 2 is 2.15 bits per heavy atom. The van der Waals surface area contributed by atoms with Gasteiger partial charge < -0.3 is 4.84 Å². The Bertz CT molecular complexity index is 130. The van der Waals surface area contributed by atoms with Crippen LogP contribution >= 0.6 is 11.8 Å². The summed E-state index contributed by atoms with van der Waals surface area (Å²) >= 11 is 1.97. The van der Waals surface area contributed by atoms with E-state index in [9.17, 15) is 0 Å². The van der Waals surface area contributed by atoms with Gasteiger partial charge in [0.25, 0.3) is 0 Å². The predicted molar refractivity (Wildman–Crippen MR) is 61.0 cm³/mol. The maximum atomic E-state index is 5.11. The molecule has 0 aliphatic heterocycles. The first-order valence-electron chi connectivity index (χ1n) is 4.75. The van der Waals surface area contributed by atoms with E-state index in [1.165, 1.54) is 6.42 Å². The minimum absolute atomic E-state index is 0.548. The fraction of sp³-hybridized carbons (Fsp3) is 0.800. The van der Waals surface area contributed by atoms with E-state index in [4.69, 9.17) is 4.84 Å². The van der Waals surface area contributed by atoms with Crippen molar-refractivity contribution in [1.29, 1.82) is 0 Å². The fourth-order valence-electron chi connectivity index (χ4n) is 1.06. The van der Waals surface area contributed by atoms with Crippen molar-refractivity contribution in [3.8, 4) is 0 Å². The van der Waals surface area contributed by atoms with Crippen LogP contribution in [0.5, 0.6) is 0 Å². The zero-order chi connectivity index (χ0) is 10.1. The van der Waals surface area contributed by atoms with Gasteiger partial charge >= 0.3 is 0 Å². The molecule has 0 saturated heterocycles. The van der Waals surface area contributed by atoms with Gasteiger partial charge in [-0.3, -0.25) is 0 Å². The van der Waals surface area contributed by atoms with Crippen LogP contribution in [-0.2, 0) is 4.84 Å². The summed E-state index contributed by atoms with van der Waals surface area (Å²) in [4.78, 5) is 5.11. The second kappa shape index (κ2) is 8.60. The fourth-order valence-corrected chi connectivity index (χ4v) is 2.27. The minimum Gasteiger partial charge on any atom is -0.301 e. The van der Waals surface area contributed by atoms with Crippen LogP contribution in [0.2, 0.25) is 0 Å². The van der Waals surface area contributed by atoms with Crippen LogP contribution in [0.3, 0.4) is 0 Å². The van der Waals surface area contributed by atoms with Crippen molar-refractivity contribution in [2.24, 2.45) is 0 Å². The molecule has 2 atom stereocenters. The van der Waals surface area contributed by atoms with Gasteiger partial charge in [0.15, 0.2) is 0 Å². The van der Waals surface area contributed by atoms with Crippen LogP contribution in [0.25, 0.3) is 0 Å². The van der Waals surface area contributed by atoms with Gasteiger partial charge in [-0.2, -0.15) is 11.8 Å². The molecular weight excluding hydrogens is 182 g/mol. The molecule has 78 valence electrons. The third-order valence-corrected chi connectivity index (χ3v) is 3.01. The number of nitrogens with one attached hydrogen (secondary N) is 1. The highest BCUT2D eigenvalue weighted by Gasteiger charge is 2.08. The Hall–Kier alpha value is 0.01000. The van der Waals surface area contributed by atoms with E-state index in [0.717, 1.165) is 13.0 Å². The molecule has 0 amide bonds. The summed E-state index contributed by atoms with van der Waals surface area (Å²) in [6.07, 6.45) is 4.29. The summed E-state index contributed by atoms with van der Waals surface area (Å²) in [5.74, 6) is 0. The number of hydrogen-bond donors (Lipinski definition) is 1. The SMILES string of the molecule is C=CCC[C@H](C)S[C@H](C)CONC. The zero-order valence-corrected chi connectivity index (χ0v) is 9.69. The third kappa shape index (κ3) is 8.34. The summed E-state index contributed by atoms with van der Waals surface area (Å²) in [7, 11) is 1.79. The second-order valence-electron chi connectivity index (χ2n) is 3.14. The molecule has 0 radical (unpaired) electrons. The first-order valence-corrected chi connectivity index (χ1v) is 5.69. The standard InChI is InChI=1S/C10H21NOS/c1-5-6-7-9(2)13-10(3)8-12-11-4/h5,9-11H,1,6-8H2,2-4H3/t9-,10+/m0/s1. The first kappa shape index (κ1) is 13.0. The van der Waals surface area contributed by atoms with Gasteiger partial charge in [0.2, 0.25) is 0 Å². The van der Waals surface area contributed by atoms with Crippen LogP contribution < -0.4 is 5.48 Å². The average Bonchev–Trinajstić information content (AvgIpc) is 2.11. The summed E-state index contributed by atoms with van der Waals surface area (Å²) in [5.41, 5.74) is 2.69. The molecule has 1 N–H and O–H groups in total. The number of hydrogen-bond acceptors (Lipinski definition) is 3. The van der Waals surface area contributed by atoms with Crippen molar-refractivity contribution in [1.82, 2.24) is 5.48 Å². The van der Waals surface area contributed by atoms with Crippen molar-refractivity contribution in [3.63, 3.8) is 0 Å². The summed E-state index contributed by atoms with van der Waals surface area (Å²) in [5, 5.41) is 1.24. The first-order chi connectivity index (χ1) is 6.20. The molecule has 0 rings (SSSR count). The maximum absolute atomic E-state index is 5.11. The quantitative estimate of drug-likeness (QED) is 0.484. The van der Waals surface area contributed by atoms with Crippen LogP contribution in [0, 0.1) is 0 Å². The number of hydroxylamine groups is 1. The van der Waals surface area contributed by atoms with Crippen LogP contribution in [-0.4, -0.2) is 24.2 Å². The van der Waals surface area contributed by atoms with E-state index in [2.05, 4.69) is 25.9 Å². The Balaban J connectivity index is 3.40. The van der Waals surface area contributed by atoms with Crippen LogP contribution in [0.4, 0.5) is 0 Å². The minimum atomic E-state index is 0.548. The van der Waals surface area contributed by atoms with Gasteiger partial charge in [-0.25, -0.2) is 5.48 Å². The van der Waals surface area contributed by atoms with Gasteiger partial charge in [0.1, 0.15) is 0 Å². The van der Waals surface area contributed by atoms with Gasteiger partial charge in [-0.05, 0) is 12.8 Å². The molecule has 0 spiro atoms. The lowest BCUT2D eigenvalue weighted by atomic mass is 10.2. The average molecular weight is 203 g/mol. The lowest BCUT2D eigenvalue weighted by Crippen LogP contribution is -2.17. The molecule has 0 aromatic heterocycles. The highest BCUT2D eigenvalue weighted by Crippen LogP contribution is 2.21. The van der Waals surface area contributed by atoms with Crippen molar-refractivity contribution in [2.45, 2.75) is 37.2 Å². The molecule has 0 aromatic rings. The molecule has 0 aliphatic carbocycles. The monoisotopic (exact) mass is 203 g/mol. The van der Waals surface area contributed by atoms with Crippen molar-refractivity contribution < 1.29 is 4.84 Å². The normalized spacial score (nSPS) is 15.3. The molecule has 0 heterocycles. The van der Waals surface area contributed by atoms with Gasteiger partial charge in [0, 0.05) is 17.5 Å². The van der Waals surface area contributed by atoms with Crippen molar-refractivity contribution in [3.05, 3.63) is 12.7 Å².